The van der Waals surface area contributed by atoms with Gasteiger partial charge in [-0.05, 0) is 37.1 Å². The molecule has 3 aromatic rings. The lowest BCUT2D eigenvalue weighted by Crippen LogP contribution is -2.35. The topological polar surface area (TPSA) is 121 Å². The molecule has 0 saturated heterocycles. The number of thioether (sulfide) groups is 1. The van der Waals surface area contributed by atoms with Crippen LogP contribution in [0.5, 0.6) is 11.5 Å². The van der Waals surface area contributed by atoms with E-state index in [1.165, 1.54) is 11.8 Å². The zero-order valence-corrected chi connectivity index (χ0v) is 17.9. The highest BCUT2D eigenvalue weighted by atomic mass is 32.2. The fourth-order valence-electron chi connectivity index (χ4n) is 3.33. The SMILES string of the molecule is O=C(CSc1nnc(C2CC2)n1Cc1ccco1)NC(=O)Nc1ccc2c(c1)OCCO2. The first kappa shape index (κ1) is 20.4. The number of rotatable bonds is 7. The molecule has 1 aliphatic heterocycles. The molecule has 5 rings (SSSR count). The van der Waals surface area contributed by atoms with Crippen molar-refractivity contribution in [3.8, 4) is 11.5 Å². The summed E-state index contributed by atoms with van der Waals surface area (Å²) in [6.07, 6.45) is 3.79. The van der Waals surface area contributed by atoms with Crippen molar-refractivity contribution in [1.29, 1.82) is 0 Å². The average Bonchev–Trinajstić information content (AvgIpc) is 3.35. The normalized spacial score (nSPS) is 14.8. The van der Waals surface area contributed by atoms with Crippen LogP contribution in [0.15, 0.2) is 46.2 Å². The molecular weight excluding hydrogens is 434 g/mol. The Bertz CT molecular complexity index is 1130. The van der Waals surface area contributed by atoms with Crippen molar-refractivity contribution in [2.24, 2.45) is 0 Å². The largest absolute Gasteiger partial charge is 0.486 e. The fraction of sp³-hybridized carbons (Fsp3) is 0.333. The summed E-state index contributed by atoms with van der Waals surface area (Å²) in [5, 5.41) is 14.1. The molecule has 1 aliphatic carbocycles. The van der Waals surface area contributed by atoms with Crippen molar-refractivity contribution in [3.05, 3.63) is 48.2 Å². The number of hydrogen-bond donors (Lipinski definition) is 2. The van der Waals surface area contributed by atoms with Gasteiger partial charge in [-0.3, -0.25) is 14.7 Å². The second-order valence-corrected chi connectivity index (χ2v) is 8.37. The zero-order valence-electron chi connectivity index (χ0n) is 17.1. The maximum atomic E-state index is 12.3. The van der Waals surface area contributed by atoms with Gasteiger partial charge in [0, 0.05) is 17.7 Å². The Labute approximate surface area is 187 Å². The van der Waals surface area contributed by atoms with Crippen LogP contribution < -0.4 is 20.1 Å². The van der Waals surface area contributed by atoms with Gasteiger partial charge >= 0.3 is 6.03 Å². The van der Waals surface area contributed by atoms with Crippen LogP contribution >= 0.6 is 11.8 Å². The van der Waals surface area contributed by atoms with Crippen molar-refractivity contribution in [2.45, 2.75) is 30.5 Å². The van der Waals surface area contributed by atoms with Crippen molar-refractivity contribution in [3.63, 3.8) is 0 Å². The molecule has 0 bridgehead atoms. The minimum Gasteiger partial charge on any atom is -0.486 e. The van der Waals surface area contributed by atoms with Gasteiger partial charge in [0.1, 0.15) is 24.8 Å². The number of amides is 3. The number of carbonyl (C=O) groups is 2. The minimum absolute atomic E-state index is 0.0233. The molecule has 166 valence electrons. The number of furan rings is 1. The Morgan fingerprint density at radius 1 is 1.12 bits per heavy atom. The highest BCUT2D eigenvalue weighted by Crippen LogP contribution is 2.40. The number of nitrogens with one attached hydrogen (secondary N) is 2. The number of ether oxygens (including phenoxy) is 2. The van der Waals surface area contributed by atoms with Gasteiger partial charge < -0.3 is 19.2 Å². The summed E-state index contributed by atoms with van der Waals surface area (Å²) in [5.41, 5.74) is 0.500. The number of hydrogen-bond acceptors (Lipinski definition) is 8. The fourth-order valence-corrected chi connectivity index (χ4v) is 4.08. The van der Waals surface area contributed by atoms with E-state index >= 15 is 0 Å². The van der Waals surface area contributed by atoms with Crippen LogP contribution in [0.3, 0.4) is 0 Å². The number of benzene rings is 1. The molecule has 3 heterocycles. The first-order valence-electron chi connectivity index (χ1n) is 10.2. The number of fused-ring (bicyclic) bond motifs is 1. The molecule has 0 radical (unpaired) electrons. The Kier molecular flexibility index (Phi) is 5.71. The van der Waals surface area contributed by atoms with Gasteiger partial charge in [-0.15, -0.1) is 10.2 Å². The number of nitrogens with zero attached hydrogens (tertiary/aromatic N) is 3. The first-order chi connectivity index (χ1) is 15.7. The van der Waals surface area contributed by atoms with E-state index in [2.05, 4.69) is 20.8 Å². The van der Waals surface area contributed by atoms with Gasteiger partial charge in [-0.1, -0.05) is 11.8 Å². The highest BCUT2D eigenvalue weighted by molar-refractivity contribution is 7.99. The van der Waals surface area contributed by atoms with E-state index < -0.39 is 11.9 Å². The smallest absolute Gasteiger partial charge is 0.325 e. The van der Waals surface area contributed by atoms with Gasteiger partial charge in [-0.25, -0.2) is 4.79 Å². The molecule has 0 spiro atoms. The maximum absolute atomic E-state index is 12.3. The van der Waals surface area contributed by atoms with E-state index in [-0.39, 0.29) is 5.75 Å². The number of aromatic nitrogens is 3. The number of imide groups is 1. The number of carbonyl (C=O) groups excluding carboxylic acids is 2. The Morgan fingerprint density at radius 3 is 2.75 bits per heavy atom. The van der Waals surface area contributed by atoms with E-state index in [1.807, 2.05) is 16.7 Å². The molecule has 11 heteroatoms. The van der Waals surface area contributed by atoms with Crippen molar-refractivity contribution in [1.82, 2.24) is 20.1 Å². The average molecular weight is 455 g/mol. The maximum Gasteiger partial charge on any atom is 0.325 e. The number of urea groups is 1. The number of anilines is 1. The second kappa shape index (κ2) is 8.95. The summed E-state index contributed by atoms with van der Waals surface area (Å²) in [6, 6.07) is 8.15. The molecule has 0 atom stereocenters. The highest BCUT2D eigenvalue weighted by Gasteiger charge is 2.31. The van der Waals surface area contributed by atoms with E-state index in [1.54, 1.807) is 24.5 Å². The summed E-state index contributed by atoms with van der Waals surface area (Å²) >= 11 is 1.23. The molecule has 32 heavy (non-hydrogen) atoms. The van der Waals surface area contributed by atoms with Crippen LogP contribution in [0, 0.1) is 0 Å². The molecule has 2 aromatic heterocycles. The first-order valence-corrected chi connectivity index (χ1v) is 11.2. The lowest BCUT2D eigenvalue weighted by Gasteiger charge is -2.19. The van der Waals surface area contributed by atoms with Crippen LogP contribution in [0.1, 0.15) is 30.3 Å². The molecule has 0 unspecified atom stereocenters. The second-order valence-electron chi connectivity index (χ2n) is 7.43. The Balaban J connectivity index is 1.17. The lowest BCUT2D eigenvalue weighted by molar-refractivity contribution is -0.117. The molecule has 2 N–H and O–H groups in total. The van der Waals surface area contributed by atoms with Crippen LogP contribution in [0.4, 0.5) is 10.5 Å². The molecule has 1 aromatic carbocycles. The van der Waals surface area contributed by atoms with Crippen LogP contribution in [-0.4, -0.2) is 45.7 Å². The quantitative estimate of drug-likeness (QED) is 0.522. The molecule has 1 saturated carbocycles. The van der Waals surface area contributed by atoms with Gasteiger partial charge in [0.2, 0.25) is 5.91 Å². The monoisotopic (exact) mass is 455 g/mol. The van der Waals surface area contributed by atoms with E-state index in [9.17, 15) is 9.59 Å². The molecule has 2 aliphatic rings. The molecule has 1 fully saturated rings. The van der Waals surface area contributed by atoms with Crippen LogP contribution in [0.2, 0.25) is 0 Å². The third-order valence-electron chi connectivity index (χ3n) is 4.97. The lowest BCUT2D eigenvalue weighted by atomic mass is 10.2. The van der Waals surface area contributed by atoms with Gasteiger partial charge in [0.15, 0.2) is 16.7 Å². The third kappa shape index (κ3) is 4.72. The zero-order chi connectivity index (χ0) is 21.9. The summed E-state index contributed by atoms with van der Waals surface area (Å²) < 4.78 is 18.4. The van der Waals surface area contributed by atoms with E-state index in [0.717, 1.165) is 24.4 Å². The minimum atomic E-state index is -0.622. The predicted octanol–water partition coefficient (Wildman–Crippen LogP) is 3.01. The third-order valence-corrected chi connectivity index (χ3v) is 5.93. The predicted molar refractivity (Wildman–Crippen MR) is 115 cm³/mol. The van der Waals surface area contributed by atoms with Crippen LogP contribution in [-0.2, 0) is 11.3 Å². The van der Waals surface area contributed by atoms with Crippen molar-refractivity contribution < 1.29 is 23.5 Å². The molecular formula is C21H21N5O5S. The van der Waals surface area contributed by atoms with Gasteiger partial charge in [0.25, 0.3) is 0 Å². The summed E-state index contributed by atoms with van der Waals surface area (Å²) in [7, 11) is 0. The Hall–Kier alpha value is -3.47. The van der Waals surface area contributed by atoms with E-state index in [0.29, 0.717) is 48.0 Å². The molecule has 10 nitrogen and oxygen atoms in total. The summed E-state index contributed by atoms with van der Waals surface area (Å²) in [4.78, 5) is 24.5. The van der Waals surface area contributed by atoms with Crippen LogP contribution in [0.25, 0.3) is 0 Å². The van der Waals surface area contributed by atoms with E-state index in [4.69, 9.17) is 13.9 Å². The van der Waals surface area contributed by atoms with Crippen molar-refractivity contribution >= 4 is 29.4 Å². The van der Waals surface area contributed by atoms with Gasteiger partial charge in [-0.2, -0.15) is 0 Å². The Morgan fingerprint density at radius 2 is 1.97 bits per heavy atom. The standard InChI is InChI=1S/C21H21N5O5S/c27-18(23-20(28)22-14-5-6-16-17(10-14)31-9-8-30-16)12-32-21-25-24-19(13-3-4-13)26(21)11-15-2-1-7-29-15/h1-2,5-7,10,13H,3-4,8-9,11-12H2,(H2,22,23,27,28). The van der Waals surface area contributed by atoms with Gasteiger partial charge in [0.05, 0.1) is 18.6 Å². The summed E-state index contributed by atoms with van der Waals surface area (Å²) in [5.74, 6) is 2.85. The van der Waals surface area contributed by atoms with Crippen molar-refractivity contribution in [2.75, 3.05) is 24.3 Å². The summed E-state index contributed by atoms with van der Waals surface area (Å²) in [6.45, 7) is 1.44. The molecule has 3 amide bonds.